The van der Waals surface area contributed by atoms with Gasteiger partial charge in [-0.15, -0.1) is 6.42 Å². The Labute approximate surface area is 37.3 Å². The molecule has 0 radical (unpaired) electrons. The quantitative estimate of drug-likeness (QED) is 0.353. The van der Waals surface area contributed by atoms with Crippen molar-refractivity contribution in [2.75, 3.05) is 0 Å². The minimum absolute atomic E-state index is 0.773. The van der Waals surface area contributed by atoms with E-state index >= 15 is 0 Å². The van der Waals surface area contributed by atoms with E-state index in [4.69, 9.17) is 11.5 Å². The highest BCUT2D eigenvalue weighted by molar-refractivity contribution is 5.02. The Hall–Kier alpha value is -0.740. The Morgan fingerprint density at radius 2 is 2.50 bits per heavy atom. The highest BCUT2D eigenvalue weighted by Crippen LogP contribution is 1.73. The van der Waals surface area contributed by atoms with Crippen LogP contribution in [0, 0.1) is 12.3 Å². The second-order valence-electron chi connectivity index (χ2n) is 0.847. The molecule has 0 unspecified atom stereocenters. The fraction of sp³-hybridized carbons (Fsp3) is 0.200. The average Bonchev–Trinajstić information content (AvgIpc) is 1.65. The molecule has 0 bridgehead atoms. The monoisotopic (exact) mass is 82.0 g/mol. The van der Waals surface area contributed by atoms with E-state index in [9.17, 15) is 0 Å². The van der Waals surface area contributed by atoms with Gasteiger partial charge in [0.2, 0.25) is 0 Å². The van der Waals surface area contributed by atoms with E-state index in [-0.39, 0.29) is 0 Å². The first-order valence-electron chi connectivity index (χ1n) is 1.58. The number of terminal acetylenes is 1. The molecule has 32 valence electrons. The number of aliphatic hydroxyl groups is 1. The molecule has 0 amide bonds. The summed E-state index contributed by atoms with van der Waals surface area (Å²) in [6, 6.07) is 0. The van der Waals surface area contributed by atoms with Crippen LogP contribution in [0.15, 0.2) is 12.7 Å². The second kappa shape index (κ2) is 2.49. The minimum atomic E-state index is -0.773. The predicted molar refractivity (Wildman–Crippen MR) is 25.0 cm³/mol. The molecule has 0 aromatic rings. The summed E-state index contributed by atoms with van der Waals surface area (Å²) in [5.74, 6) is 2.05. The standard InChI is InChI=1S/C5H6O/c1-3-5(6)4-2/h1,4-6H,2H2/t5-/m1/s1. The summed E-state index contributed by atoms with van der Waals surface area (Å²) in [4.78, 5) is 0. The van der Waals surface area contributed by atoms with E-state index in [1.54, 1.807) is 0 Å². The van der Waals surface area contributed by atoms with Crippen molar-refractivity contribution in [1.82, 2.24) is 0 Å². The van der Waals surface area contributed by atoms with E-state index in [1.165, 1.54) is 6.08 Å². The molecule has 0 aliphatic heterocycles. The maximum Gasteiger partial charge on any atom is 0.132 e. The van der Waals surface area contributed by atoms with Crippen molar-refractivity contribution in [1.29, 1.82) is 0 Å². The van der Waals surface area contributed by atoms with Crippen LogP contribution in [0.25, 0.3) is 0 Å². The maximum absolute atomic E-state index is 8.31. The van der Waals surface area contributed by atoms with Crippen molar-refractivity contribution in [3.63, 3.8) is 0 Å². The first-order chi connectivity index (χ1) is 2.81. The molecule has 0 rings (SSSR count). The predicted octanol–water partition coefficient (Wildman–Crippen LogP) is 0.167. The molecular weight excluding hydrogens is 76.1 g/mol. The Kier molecular flexibility index (Phi) is 2.19. The lowest BCUT2D eigenvalue weighted by atomic mass is 10.4. The van der Waals surface area contributed by atoms with Crippen LogP contribution < -0.4 is 0 Å². The van der Waals surface area contributed by atoms with E-state index < -0.39 is 6.10 Å². The van der Waals surface area contributed by atoms with E-state index in [0.29, 0.717) is 0 Å². The van der Waals surface area contributed by atoms with Crippen molar-refractivity contribution < 1.29 is 5.11 Å². The van der Waals surface area contributed by atoms with Crippen LogP contribution in [0.3, 0.4) is 0 Å². The van der Waals surface area contributed by atoms with Gasteiger partial charge in [-0.1, -0.05) is 18.6 Å². The molecule has 0 saturated carbocycles. The molecule has 0 fully saturated rings. The second-order valence-corrected chi connectivity index (χ2v) is 0.847. The molecule has 1 nitrogen and oxygen atoms in total. The summed E-state index contributed by atoms with van der Waals surface area (Å²) in [5, 5.41) is 8.31. The molecule has 6 heavy (non-hydrogen) atoms. The fourth-order valence-electron chi connectivity index (χ4n) is 0.0680. The molecule has 0 heterocycles. The summed E-state index contributed by atoms with van der Waals surface area (Å²) in [6.07, 6.45) is 5.23. The largest absolute Gasteiger partial charge is 0.377 e. The summed E-state index contributed by atoms with van der Waals surface area (Å²) in [7, 11) is 0. The lowest BCUT2D eigenvalue weighted by Gasteiger charge is -1.84. The smallest absolute Gasteiger partial charge is 0.132 e. The summed E-state index contributed by atoms with van der Waals surface area (Å²) < 4.78 is 0. The Morgan fingerprint density at radius 3 is 2.50 bits per heavy atom. The average molecular weight is 82.1 g/mol. The third-order valence-electron chi connectivity index (χ3n) is 0.394. The fourth-order valence-corrected chi connectivity index (χ4v) is 0.0680. The van der Waals surface area contributed by atoms with Crippen LogP contribution in [0.5, 0.6) is 0 Å². The van der Waals surface area contributed by atoms with Gasteiger partial charge in [0.05, 0.1) is 0 Å². The number of rotatable bonds is 1. The summed E-state index contributed by atoms with van der Waals surface area (Å²) in [5.41, 5.74) is 0. The van der Waals surface area contributed by atoms with Gasteiger partial charge in [-0.25, -0.2) is 0 Å². The molecule has 0 aliphatic rings. The molecule has 0 spiro atoms. The van der Waals surface area contributed by atoms with E-state index in [2.05, 4.69) is 12.5 Å². The van der Waals surface area contributed by atoms with Crippen molar-refractivity contribution in [2.24, 2.45) is 0 Å². The van der Waals surface area contributed by atoms with Gasteiger partial charge in [0, 0.05) is 0 Å². The summed E-state index contributed by atoms with van der Waals surface area (Å²) in [6.45, 7) is 3.24. The van der Waals surface area contributed by atoms with Gasteiger partial charge < -0.3 is 5.11 Å². The normalized spacial score (nSPS) is 12.0. The first kappa shape index (κ1) is 5.26. The SMILES string of the molecule is C#C[C@@H](O)C=C. The first-order valence-corrected chi connectivity index (χ1v) is 1.58. The third-order valence-corrected chi connectivity index (χ3v) is 0.394. The topological polar surface area (TPSA) is 20.2 Å². The van der Waals surface area contributed by atoms with Crippen molar-refractivity contribution in [3.05, 3.63) is 12.7 Å². The molecule has 0 aromatic carbocycles. The number of hydrogen-bond acceptors (Lipinski definition) is 1. The highest BCUT2D eigenvalue weighted by atomic mass is 16.3. The van der Waals surface area contributed by atoms with Gasteiger partial charge in [-0.3, -0.25) is 0 Å². The lowest BCUT2D eigenvalue weighted by molar-refractivity contribution is 0.281. The lowest BCUT2D eigenvalue weighted by Crippen LogP contribution is -1.93. The van der Waals surface area contributed by atoms with Gasteiger partial charge in [0.15, 0.2) is 0 Å². The van der Waals surface area contributed by atoms with Gasteiger partial charge in [0.25, 0.3) is 0 Å². The molecule has 0 aromatic heterocycles. The summed E-state index contributed by atoms with van der Waals surface area (Å²) >= 11 is 0. The number of aliphatic hydroxyl groups excluding tert-OH is 1. The van der Waals surface area contributed by atoms with Crippen LogP contribution in [-0.2, 0) is 0 Å². The van der Waals surface area contributed by atoms with Crippen molar-refractivity contribution in [2.45, 2.75) is 6.10 Å². The molecule has 1 atom stereocenters. The van der Waals surface area contributed by atoms with Crippen LogP contribution in [-0.4, -0.2) is 11.2 Å². The Bertz CT molecular complexity index is 78.4. The van der Waals surface area contributed by atoms with Gasteiger partial charge in [-0.2, -0.15) is 0 Å². The highest BCUT2D eigenvalue weighted by Gasteiger charge is 1.81. The van der Waals surface area contributed by atoms with Gasteiger partial charge in [-0.05, 0) is 0 Å². The molecule has 1 heteroatoms. The molecular formula is C5H6O. The minimum Gasteiger partial charge on any atom is -0.377 e. The zero-order chi connectivity index (χ0) is 4.99. The van der Waals surface area contributed by atoms with E-state index in [1.807, 2.05) is 0 Å². The van der Waals surface area contributed by atoms with Crippen LogP contribution >= 0.6 is 0 Å². The Morgan fingerprint density at radius 1 is 2.00 bits per heavy atom. The molecule has 0 aliphatic carbocycles. The van der Waals surface area contributed by atoms with Crippen LogP contribution in [0.2, 0.25) is 0 Å². The number of hydrogen-bond donors (Lipinski definition) is 1. The van der Waals surface area contributed by atoms with Gasteiger partial charge in [0.1, 0.15) is 6.10 Å². The zero-order valence-electron chi connectivity index (χ0n) is 3.39. The van der Waals surface area contributed by atoms with Crippen LogP contribution in [0.1, 0.15) is 0 Å². The van der Waals surface area contributed by atoms with Crippen LogP contribution in [0.4, 0.5) is 0 Å². The van der Waals surface area contributed by atoms with Gasteiger partial charge >= 0.3 is 0 Å². The Balaban J connectivity index is 3.30. The molecule has 1 N–H and O–H groups in total. The maximum atomic E-state index is 8.31. The molecule has 0 saturated heterocycles. The van der Waals surface area contributed by atoms with Crippen molar-refractivity contribution >= 4 is 0 Å². The van der Waals surface area contributed by atoms with Crippen molar-refractivity contribution in [3.8, 4) is 12.3 Å². The zero-order valence-corrected chi connectivity index (χ0v) is 3.39. The van der Waals surface area contributed by atoms with E-state index in [0.717, 1.165) is 0 Å². The third kappa shape index (κ3) is 1.57.